The van der Waals surface area contributed by atoms with Crippen molar-refractivity contribution in [3.8, 4) is 5.75 Å². The van der Waals surface area contributed by atoms with Crippen LogP contribution in [0.1, 0.15) is 17.5 Å². The first-order chi connectivity index (χ1) is 11.3. The van der Waals surface area contributed by atoms with Gasteiger partial charge in [0.1, 0.15) is 5.75 Å². The van der Waals surface area contributed by atoms with Crippen molar-refractivity contribution in [2.75, 3.05) is 13.7 Å². The van der Waals surface area contributed by atoms with Gasteiger partial charge in [0.05, 0.1) is 24.5 Å². The van der Waals surface area contributed by atoms with E-state index in [-0.39, 0.29) is 0 Å². The van der Waals surface area contributed by atoms with Gasteiger partial charge in [-0.2, -0.15) is 0 Å². The first-order valence-corrected chi connectivity index (χ1v) is 8.01. The van der Waals surface area contributed by atoms with Crippen LogP contribution in [0.15, 0.2) is 48.8 Å². The molecule has 0 aliphatic carbocycles. The number of aryl methyl sites for hydroxylation is 2. The maximum absolute atomic E-state index is 5.17. The molecule has 1 aromatic heterocycles. The number of benzene rings is 2. The highest BCUT2D eigenvalue weighted by atomic mass is 16.5. The Kier molecular flexibility index (Phi) is 4.93. The number of methoxy groups -OCH3 is 1. The molecule has 0 saturated heterocycles. The molecule has 3 rings (SSSR count). The number of hydrogen-bond acceptors (Lipinski definition) is 3. The molecule has 0 unspecified atom stereocenters. The predicted octanol–water partition coefficient (Wildman–Crippen LogP) is 3.53. The van der Waals surface area contributed by atoms with E-state index in [2.05, 4.69) is 52.1 Å². The van der Waals surface area contributed by atoms with Crippen LogP contribution in [0.25, 0.3) is 11.0 Å². The van der Waals surface area contributed by atoms with Gasteiger partial charge in [0, 0.05) is 13.1 Å². The lowest BCUT2D eigenvalue weighted by Crippen LogP contribution is -2.16. The Morgan fingerprint density at radius 1 is 1.13 bits per heavy atom. The van der Waals surface area contributed by atoms with Gasteiger partial charge < -0.3 is 14.6 Å². The zero-order valence-electron chi connectivity index (χ0n) is 13.7. The second-order valence-electron chi connectivity index (χ2n) is 5.81. The number of nitrogens with zero attached hydrogens (tertiary/aromatic N) is 2. The molecule has 3 aromatic rings. The van der Waals surface area contributed by atoms with Gasteiger partial charge in [-0.3, -0.25) is 0 Å². The Morgan fingerprint density at radius 3 is 2.74 bits per heavy atom. The van der Waals surface area contributed by atoms with E-state index in [1.54, 1.807) is 7.11 Å². The minimum atomic E-state index is 0.883. The van der Waals surface area contributed by atoms with Crippen LogP contribution >= 0.6 is 0 Å². The van der Waals surface area contributed by atoms with Crippen LogP contribution in [-0.2, 0) is 13.1 Å². The van der Waals surface area contributed by atoms with Crippen molar-refractivity contribution in [3.63, 3.8) is 0 Å². The molecular formula is C19H23N3O. The molecule has 0 fully saturated rings. The normalized spacial score (nSPS) is 11.0. The summed E-state index contributed by atoms with van der Waals surface area (Å²) in [5.74, 6) is 0.899. The third-order valence-electron chi connectivity index (χ3n) is 4.02. The lowest BCUT2D eigenvalue weighted by atomic mass is 10.2. The first-order valence-electron chi connectivity index (χ1n) is 8.01. The second-order valence-corrected chi connectivity index (χ2v) is 5.81. The van der Waals surface area contributed by atoms with Gasteiger partial charge in [-0.05, 0) is 55.3 Å². The largest absolute Gasteiger partial charge is 0.497 e. The van der Waals surface area contributed by atoms with Crippen LogP contribution in [0.2, 0.25) is 0 Å². The van der Waals surface area contributed by atoms with Gasteiger partial charge >= 0.3 is 0 Å². The van der Waals surface area contributed by atoms with Crippen molar-refractivity contribution in [1.82, 2.24) is 14.9 Å². The molecule has 0 aliphatic heterocycles. The molecule has 1 heterocycles. The molecular weight excluding hydrogens is 286 g/mol. The van der Waals surface area contributed by atoms with Crippen LogP contribution in [0.4, 0.5) is 0 Å². The van der Waals surface area contributed by atoms with Gasteiger partial charge in [0.15, 0.2) is 0 Å². The van der Waals surface area contributed by atoms with Crippen molar-refractivity contribution in [2.24, 2.45) is 0 Å². The van der Waals surface area contributed by atoms with Crippen LogP contribution in [0.3, 0.4) is 0 Å². The van der Waals surface area contributed by atoms with Crippen LogP contribution in [-0.4, -0.2) is 23.2 Å². The summed E-state index contributed by atoms with van der Waals surface area (Å²) in [5, 5.41) is 3.49. The Hall–Kier alpha value is -2.33. The molecule has 2 aromatic carbocycles. The van der Waals surface area contributed by atoms with E-state index >= 15 is 0 Å². The fourth-order valence-corrected chi connectivity index (χ4v) is 2.70. The standard InChI is InChI=1S/C19H23N3O/c1-15-4-9-18-19(12-15)22(14-21-18)11-3-10-20-13-16-5-7-17(23-2)8-6-16/h4-9,12,14,20H,3,10-11,13H2,1-2H3. The fourth-order valence-electron chi connectivity index (χ4n) is 2.70. The van der Waals surface area contributed by atoms with E-state index in [0.717, 1.165) is 37.3 Å². The number of ether oxygens (including phenoxy) is 1. The van der Waals surface area contributed by atoms with Crippen LogP contribution in [0.5, 0.6) is 5.75 Å². The molecule has 0 bridgehead atoms. The van der Waals surface area contributed by atoms with E-state index < -0.39 is 0 Å². The van der Waals surface area contributed by atoms with E-state index in [1.165, 1.54) is 16.6 Å². The monoisotopic (exact) mass is 309 g/mol. The topological polar surface area (TPSA) is 39.1 Å². The van der Waals surface area contributed by atoms with Crippen LogP contribution < -0.4 is 10.1 Å². The smallest absolute Gasteiger partial charge is 0.118 e. The van der Waals surface area contributed by atoms with E-state index in [1.807, 2.05) is 18.5 Å². The number of aromatic nitrogens is 2. The maximum atomic E-state index is 5.17. The van der Waals surface area contributed by atoms with Crippen molar-refractivity contribution in [1.29, 1.82) is 0 Å². The molecule has 0 amide bonds. The van der Waals surface area contributed by atoms with E-state index in [0.29, 0.717) is 0 Å². The molecule has 4 nitrogen and oxygen atoms in total. The molecule has 23 heavy (non-hydrogen) atoms. The van der Waals surface area contributed by atoms with Gasteiger partial charge in [-0.1, -0.05) is 18.2 Å². The second kappa shape index (κ2) is 7.29. The Labute approximate surface area is 137 Å². The summed E-state index contributed by atoms with van der Waals surface area (Å²) >= 11 is 0. The van der Waals surface area contributed by atoms with E-state index in [4.69, 9.17) is 4.74 Å². The average molecular weight is 309 g/mol. The lowest BCUT2D eigenvalue weighted by Gasteiger charge is -2.07. The highest BCUT2D eigenvalue weighted by molar-refractivity contribution is 5.75. The molecule has 0 radical (unpaired) electrons. The molecule has 0 atom stereocenters. The van der Waals surface area contributed by atoms with Crippen molar-refractivity contribution >= 4 is 11.0 Å². The van der Waals surface area contributed by atoms with Gasteiger partial charge in [0.25, 0.3) is 0 Å². The minimum Gasteiger partial charge on any atom is -0.497 e. The SMILES string of the molecule is COc1ccc(CNCCCn2cnc3ccc(C)cc32)cc1. The number of fused-ring (bicyclic) bond motifs is 1. The van der Waals surface area contributed by atoms with Crippen molar-refractivity contribution in [3.05, 3.63) is 59.9 Å². The summed E-state index contributed by atoms with van der Waals surface area (Å²) in [4.78, 5) is 4.45. The fraction of sp³-hybridized carbons (Fsp3) is 0.316. The Balaban J connectivity index is 1.46. The van der Waals surface area contributed by atoms with Crippen molar-refractivity contribution < 1.29 is 4.74 Å². The highest BCUT2D eigenvalue weighted by Gasteiger charge is 2.02. The minimum absolute atomic E-state index is 0.883. The van der Waals surface area contributed by atoms with Gasteiger partial charge in [-0.15, -0.1) is 0 Å². The third kappa shape index (κ3) is 3.90. The van der Waals surface area contributed by atoms with E-state index in [9.17, 15) is 0 Å². The number of imidazole rings is 1. The average Bonchev–Trinajstić information content (AvgIpc) is 2.97. The van der Waals surface area contributed by atoms with Gasteiger partial charge in [0.2, 0.25) is 0 Å². The molecule has 0 saturated carbocycles. The molecule has 4 heteroatoms. The summed E-state index contributed by atoms with van der Waals surface area (Å²) in [7, 11) is 1.69. The summed E-state index contributed by atoms with van der Waals surface area (Å²) in [6, 6.07) is 14.6. The summed E-state index contributed by atoms with van der Waals surface area (Å²) in [5.41, 5.74) is 4.84. The third-order valence-corrected chi connectivity index (χ3v) is 4.02. The Morgan fingerprint density at radius 2 is 1.96 bits per heavy atom. The first kappa shape index (κ1) is 15.6. The highest BCUT2D eigenvalue weighted by Crippen LogP contribution is 2.15. The number of hydrogen-bond donors (Lipinski definition) is 1. The zero-order chi connectivity index (χ0) is 16.1. The summed E-state index contributed by atoms with van der Waals surface area (Å²) < 4.78 is 7.40. The maximum Gasteiger partial charge on any atom is 0.118 e. The molecule has 0 spiro atoms. The molecule has 120 valence electrons. The number of rotatable bonds is 7. The quantitative estimate of drug-likeness (QED) is 0.679. The van der Waals surface area contributed by atoms with Crippen molar-refractivity contribution in [2.45, 2.75) is 26.4 Å². The zero-order valence-corrected chi connectivity index (χ0v) is 13.7. The summed E-state index contributed by atoms with van der Waals surface area (Å²) in [6.45, 7) is 4.97. The van der Waals surface area contributed by atoms with Gasteiger partial charge in [-0.25, -0.2) is 4.98 Å². The summed E-state index contributed by atoms with van der Waals surface area (Å²) in [6.07, 6.45) is 3.02. The predicted molar refractivity (Wildman–Crippen MR) is 93.8 cm³/mol. The van der Waals surface area contributed by atoms with Crippen LogP contribution in [0, 0.1) is 6.92 Å². The Bertz CT molecular complexity index is 762. The lowest BCUT2D eigenvalue weighted by molar-refractivity contribution is 0.414. The number of nitrogens with one attached hydrogen (secondary N) is 1. The molecule has 1 N–H and O–H groups in total. The molecule has 0 aliphatic rings.